The van der Waals surface area contributed by atoms with E-state index < -0.39 is 12.0 Å². The Kier molecular flexibility index (Phi) is 5.43. The van der Waals surface area contributed by atoms with Crippen molar-refractivity contribution in [3.63, 3.8) is 0 Å². The minimum Gasteiger partial charge on any atom is -0.483 e. The lowest BCUT2D eigenvalue weighted by Gasteiger charge is -2.13. The maximum atomic E-state index is 11.2. The van der Waals surface area contributed by atoms with Crippen molar-refractivity contribution in [1.29, 1.82) is 5.26 Å². The maximum Gasteiger partial charge on any atom is 0.258 e. The summed E-state index contributed by atoms with van der Waals surface area (Å²) < 4.78 is 5.27. The van der Waals surface area contributed by atoms with Crippen LogP contribution in [-0.4, -0.2) is 24.2 Å². The Labute approximate surface area is 110 Å². The number of amides is 1. The summed E-state index contributed by atoms with van der Waals surface area (Å²) in [7, 11) is 0. The number of carbonyl (C=O) groups excluding carboxylic acids is 1. The van der Waals surface area contributed by atoms with Gasteiger partial charge in [-0.1, -0.05) is 11.6 Å². The normalized spacial score (nSPS) is 11.4. The molecule has 0 bridgehead atoms. The molecule has 0 saturated carbocycles. The molecule has 5 nitrogen and oxygen atoms in total. The lowest BCUT2D eigenvalue weighted by molar-refractivity contribution is -0.122. The molecule has 0 aliphatic rings. The number of carbonyl (C=O) groups is 1. The Morgan fingerprint density at radius 1 is 1.67 bits per heavy atom. The van der Waals surface area contributed by atoms with E-state index in [0.717, 1.165) is 0 Å². The molecular formula is C12H13ClN2O3. The van der Waals surface area contributed by atoms with Crippen molar-refractivity contribution in [1.82, 2.24) is 5.32 Å². The van der Waals surface area contributed by atoms with Crippen LogP contribution < -0.4 is 10.1 Å². The summed E-state index contributed by atoms with van der Waals surface area (Å²) in [6.07, 6.45) is -0.749. The highest BCUT2D eigenvalue weighted by atomic mass is 35.5. The highest BCUT2D eigenvalue weighted by Crippen LogP contribution is 2.28. The van der Waals surface area contributed by atoms with Crippen molar-refractivity contribution >= 4 is 17.5 Å². The van der Waals surface area contributed by atoms with Gasteiger partial charge in [-0.05, 0) is 25.1 Å². The van der Waals surface area contributed by atoms with Crippen LogP contribution in [0.15, 0.2) is 18.2 Å². The smallest absolute Gasteiger partial charge is 0.258 e. The Bertz CT molecular complexity index is 469. The highest BCUT2D eigenvalue weighted by molar-refractivity contribution is 6.30. The third kappa shape index (κ3) is 4.24. The maximum absolute atomic E-state index is 11.2. The highest BCUT2D eigenvalue weighted by Gasteiger charge is 2.11. The first-order chi connectivity index (χ1) is 8.54. The van der Waals surface area contributed by atoms with Gasteiger partial charge in [-0.25, -0.2) is 0 Å². The van der Waals surface area contributed by atoms with Crippen LogP contribution in [0, 0.1) is 11.3 Å². The SMILES string of the molecule is C[C@H](O)c1cc(Cl)ccc1OCC(=O)NCC#N. The average molecular weight is 269 g/mol. The monoisotopic (exact) mass is 268 g/mol. The van der Waals surface area contributed by atoms with Gasteiger partial charge in [0, 0.05) is 10.6 Å². The topological polar surface area (TPSA) is 82.3 Å². The van der Waals surface area contributed by atoms with Gasteiger partial charge in [0.1, 0.15) is 12.3 Å². The third-order valence-electron chi connectivity index (χ3n) is 2.15. The predicted octanol–water partition coefficient (Wildman–Crippen LogP) is 1.41. The number of hydrogen-bond donors (Lipinski definition) is 2. The number of nitrogens with zero attached hydrogens (tertiary/aromatic N) is 1. The summed E-state index contributed by atoms with van der Waals surface area (Å²) in [5.41, 5.74) is 0.510. The predicted molar refractivity (Wildman–Crippen MR) is 66.2 cm³/mol. The van der Waals surface area contributed by atoms with Crippen LogP contribution in [0.5, 0.6) is 5.75 Å². The number of benzene rings is 1. The lowest BCUT2D eigenvalue weighted by atomic mass is 10.1. The van der Waals surface area contributed by atoms with Gasteiger partial charge >= 0.3 is 0 Å². The van der Waals surface area contributed by atoms with E-state index in [0.29, 0.717) is 16.3 Å². The number of nitriles is 1. The molecule has 6 heteroatoms. The van der Waals surface area contributed by atoms with Gasteiger partial charge in [-0.2, -0.15) is 5.26 Å². The zero-order chi connectivity index (χ0) is 13.5. The zero-order valence-electron chi connectivity index (χ0n) is 9.81. The fraction of sp³-hybridized carbons (Fsp3) is 0.333. The van der Waals surface area contributed by atoms with E-state index in [1.54, 1.807) is 31.2 Å². The molecule has 96 valence electrons. The lowest BCUT2D eigenvalue weighted by Crippen LogP contribution is -2.29. The van der Waals surface area contributed by atoms with E-state index >= 15 is 0 Å². The largest absolute Gasteiger partial charge is 0.483 e. The summed E-state index contributed by atoms with van der Waals surface area (Å²) >= 11 is 5.81. The molecule has 1 amide bonds. The molecule has 0 fully saturated rings. The standard InChI is InChI=1S/C12H13ClN2O3/c1-8(16)10-6-9(13)2-3-11(10)18-7-12(17)15-5-4-14/h2-3,6,8,16H,5,7H2,1H3,(H,15,17)/t8-/m0/s1. The summed E-state index contributed by atoms with van der Waals surface area (Å²) in [5, 5.41) is 20.7. The van der Waals surface area contributed by atoms with Crippen LogP contribution in [0.3, 0.4) is 0 Å². The van der Waals surface area contributed by atoms with E-state index in [9.17, 15) is 9.90 Å². The van der Waals surface area contributed by atoms with Crippen LogP contribution in [0.1, 0.15) is 18.6 Å². The first kappa shape index (κ1) is 14.3. The van der Waals surface area contributed by atoms with Gasteiger partial charge in [0.05, 0.1) is 12.2 Å². The summed E-state index contributed by atoms with van der Waals surface area (Å²) in [6, 6.07) is 6.56. The molecule has 0 saturated heterocycles. The van der Waals surface area contributed by atoms with E-state index in [2.05, 4.69) is 5.32 Å². The number of hydrogen-bond acceptors (Lipinski definition) is 4. The molecule has 0 aliphatic carbocycles. The van der Waals surface area contributed by atoms with E-state index in [-0.39, 0.29) is 13.2 Å². The molecule has 18 heavy (non-hydrogen) atoms. The first-order valence-electron chi connectivity index (χ1n) is 5.28. The quantitative estimate of drug-likeness (QED) is 0.791. The third-order valence-corrected chi connectivity index (χ3v) is 2.38. The second kappa shape index (κ2) is 6.84. The second-order valence-corrected chi connectivity index (χ2v) is 4.02. The van der Waals surface area contributed by atoms with Crippen molar-refractivity contribution in [2.45, 2.75) is 13.0 Å². The Balaban J connectivity index is 2.67. The summed E-state index contributed by atoms with van der Waals surface area (Å²) in [5.74, 6) is -0.00968. The molecule has 0 aliphatic heterocycles. The van der Waals surface area contributed by atoms with Crippen LogP contribution in [0.25, 0.3) is 0 Å². The minimum absolute atomic E-state index is 0.0634. The minimum atomic E-state index is -0.749. The second-order valence-electron chi connectivity index (χ2n) is 3.58. The van der Waals surface area contributed by atoms with Crippen molar-refractivity contribution in [2.75, 3.05) is 13.2 Å². The van der Waals surface area contributed by atoms with E-state index in [1.165, 1.54) is 0 Å². The number of nitrogens with one attached hydrogen (secondary N) is 1. The van der Waals surface area contributed by atoms with Gasteiger partial charge in [0.15, 0.2) is 6.61 Å². The van der Waals surface area contributed by atoms with E-state index in [1.807, 2.05) is 0 Å². The van der Waals surface area contributed by atoms with Gasteiger partial charge < -0.3 is 15.2 Å². The van der Waals surface area contributed by atoms with Crippen molar-refractivity contribution in [3.05, 3.63) is 28.8 Å². The number of halogens is 1. The molecule has 1 aromatic carbocycles. The summed E-state index contributed by atoms with van der Waals surface area (Å²) in [4.78, 5) is 11.2. The molecule has 1 rings (SSSR count). The van der Waals surface area contributed by atoms with Gasteiger partial charge in [-0.3, -0.25) is 4.79 Å². The molecule has 0 aromatic heterocycles. The van der Waals surface area contributed by atoms with Gasteiger partial charge in [0.2, 0.25) is 0 Å². The molecule has 0 unspecified atom stereocenters. The van der Waals surface area contributed by atoms with Crippen molar-refractivity contribution in [3.8, 4) is 11.8 Å². The fourth-order valence-electron chi connectivity index (χ4n) is 1.31. The molecule has 1 aromatic rings. The van der Waals surface area contributed by atoms with Crippen molar-refractivity contribution in [2.24, 2.45) is 0 Å². The molecule has 0 heterocycles. The van der Waals surface area contributed by atoms with Crippen LogP contribution in [0.2, 0.25) is 5.02 Å². The zero-order valence-corrected chi connectivity index (χ0v) is 10.6. The summed E-state index contributed by atoms with van der Waals surface area (Å²) in [6.45, 7) is 1.30. The van der Waals surface area contributed by atoms with E-state index in [4.69, 9.17) is 21.6 Å². The van der Waals surface area contributed by atoms with Crippen LogP contribution in [-0.2, 0) is 4.79 Å². The number of ether oxygens (including phenoxy) is 1. The number of rotatable bonds is 5. The number of aliphatic hydroxyl groups is 1. The Morgan fingerprint density at radius 2 is 2.39 bits per heavy atom. The fourth-order valence-corrected chi connectivity index (χ4v) is 1.49. The first-order valence-corrected chi connectivity index (χ1v) is 5.66. The molecule has 0 radical (unpaired) electrons. The number of aliphatic hydroxyl groups excluding tert-OH is 1. The molecule has 0 spiro atoms. The van der Waals surface area contributed by atoms with Crippen molar-refractivity contribution < 1.29 is 14.6 Å². The van der Waals surface area contributed by atoms with Gasteiger partial charge in [-0.15, -0.1) is 0 Å². The molecular weight excluding hydrogens is 256 g/mol. The van der Waals surface area contributed by atoms with Crippen LogP contribution in [0.4, 0.5) is 0 Å². The Morgan fingerprint density at radius 3 is 3.00 bits per heavy atom. The van der Waals surface area contributed by atoms with Gasteiger partial charge in [0.25, 0.3) is 5.91 Å². The molecule has 1 atom stereocenters. The average Bonchev–Trinajstić information content (AvgIpc) is 2.34. The molecule has 2 N–H and O–H groups in total. The van der Waals surface area contributed by atoms with Crippen LogP contribution >= 0.6 is 11.6 Å². The Hall–Kier alpha value is -1.77.